The number of hydrogen-bond acceptors (Lipinski definition) is 8. The zero-order valence-corrected chi connectivity index (χ0v) is 19.7. The van der Waals surface area contributed by atoms with Gasteiger partial charge in [0.25, 0.3) is 5.91 Å². The first-order valence-corrected chi connectivity index (χ1v) is 12.0. The number of nitrogens with zero attached hydrogens (tertiary/aromatic N) is 2. The van der Waals surface area contributed by atoms with Crippen molar-refractivity contribution in [2.75, 3.05) is 6.61 Å². The molecule has 9 heteroatoms. The van der Waals surface area contributed by atoms with E-state index < -0.39 is 30.2 Å². The molecule has 1 saturated carbocycles. The second kappa shape index (κ2) is 9.42. The van der Waals surface area contributed by atoms with Gasteiger partial charge in [-0.15, -0.1) is 0 Å². The highest BCUT2D eigenvalue weighted by atomic mass is 16.5. The van der Waals surface area contributed by atoms with E-state index in [1.807, 2.05) is 18.2 Å². The molecule has 4 aromatic rings. The first-order valence-electron chi connectivity index (χ1n) is 12.0. The van der Waals surface area contributed by atoms with Crippen LogP contribution in [0.5, 0.6) is 0 Å². The van der Waals surface area contributed by atoms with Crippen molar-refractivity contribution in [3.05, 3.63) is 100 Å². The molecule has 0 radical (unpaired) electrons. The quantitative estimate of drug-likeness (QED) is 0.282. The molecular weight excluding hydrogens is 476 g/mol. The Bertz CT molecular complexity index is 1580. The molecule has 1 amide bonds. The highest BCUT2D eigenvalue weighted by Gasteiger charge is 2.45. The summed E-state index contributed by atoms with van der Waals surface area (Å²) in [5, 5.41) is 6.58. The predicted octanol–water partition coefficient (Wildman–Crippen LogP) is 4.96. The topological polar surface area (TPSA) is 115 Å². The Balaban J connectivity index is 1.26. The lowest BCUT2D eigenvalue weighted by Crippen LogP contribution is -2.34. The van der Waals surface area contributed by atoms with E-state index in [9.17, 15) is 14.4 Å². The molecule has 2 unspecified atom stereocenters. The van der Waals surface area contributed by atoms with Gasteiger partial charge in [-0.25, -0.2) is 14.6 Å². The fourth-order valence-electron chi connectivity index (χ4n) is 4.97. The molecule has 1 aromatic carbocycles. The van der Waals surface area contributed by atoms with E-state index in [2.05, 4.69) is 5.10 Å². The molecule has 0 saturated heterocycles. The minimum atomic E-state index is -0.940. The average molecular weight is 498 g/mol. The highest BCUT2D eigenvalue weighted by Crippen LogP contribution is 2.44. The van der Waals surface area contributed by atoms with Crippen molar-refractivity contribution in [2.24, 2.45) is 11.0 Å². The van der Waals surface area contributed by atoms with Crippen molar-refractivity contribution in [3.63, 3.8) is 0 Å². The van der Waals surface area contributed by atoms with Crippen LogP contribution in [0.1, 0.15) is 47.2 Å². The summed E-state index contributed by atoms with van der Waals surface area (Å²) in [4.78, 5) is 38.3. The van der Waals surface area contributed by atoms with Gasteiger partial charge in [0, 0.05) is 11.3 Å². The van der Waals surface area contributed by atoms with Gasteiger partial charge in [-0.1, -0.05) is 18.2 Å². The number of fused-ring (bicyclic) bond motifs is 2. The fourth-order valence-corrected chi connectivity index (χ4v) is 4.97. The van der Waals surface area contributed by atoms with Crippen LogP contribution in [0.25, 0.3) is 17.0 Å². The number of para-hydroxylation sites is 1. The van der Waals surface area contributed by atoms with E-state index in [0.29, 0.717) is 22.5 Å². The summed E-state index contributed by atoms with van der Waals surface area (Å²) >= 11 is 0. The Morgan fingerprint density at radius 2 is 1.92 bits per heavy atom. The lowest BCUT2D eigenvalue weighted by Gasteiger charge is -2.27. The number of benzene rings is 1. The zero-order valence-electron chi connectivity index (χ0n) is 19.7. The molecule has 2 aliphatic rings. The van der Waals surface area contributed by atoms with Crippen molar-refractivity contribution >= 4 is 34.6 Å². The highest BCUT2D eigenvalue weighted by molar-refractivity contribution is 6.08. The van der Waals surface area contributed by atoms with Crippen molar-refractivity contribution in [1.82, 2.24) is 5.01 Å². The summed E-state index contributed by atoms with van der Waals surface area (Å²) in [6.07, 6.45) is 7.64. The van der Waals surface area contributed by atoms with E-state index in [-0.39, 0.29) is 11.5 Å². The third-order valence-corrected chi connectivity index (χ3v) is 6.64. The number of esters is 1. The van der Waals surface area contributed by atoms with Crippen LogP contribution < -0.4 is 5.63 Å². The van der Waals surface area contributed by atoms with Crippen LogP contribution in [-0.4, -0.2) is 29.2 Å². The van der Waals surface area contributed by atoms with Crippen molar-refractivity contribution in [1.29, 1.82) is 0 Å². The summed E-state index contributed by atoms with van der Waals surface area (Å²) in [7, 11) is 0. The first-order chi connectivity index (χ1) is 18.1. The van der Waals surface area contributed by atoms with Gasteiger partial charge in [0.1, 0.15) is 28.7 Å². The van der Waals surface area contributed by atoms with Crippen molar-refractivity contribution in [2.45, 2.75) is 25.3 Å². The Morgan fingerprint density at radius 1 is 1.08 bits per heavy atom. The third-order valence-electron chi connectivity index (χ3n) is 6.64. The van der Waals surface area contributed by atoms with Crippen LogP contribution in [0.3, 0.4) is 0 Å². The zero-order chi connectivity index (χ0) is 25.4. The SMILES string of the molecule is O=C(OCC(=O)N1N=C2C(=Cc3ccco3)CCCC2C1c1ccco1)c1cc2ccccc2oc1=O. The van der Waals surface area contributed by atoms with Crippen LogP contribution in [0.4, 0.5) is 0 Å². The monoisotopic (exact) mass is 498 g/mol. The van der Waals surface area contributed by atoms with Gasteiger partial charge in [0.2, 0.25) is 0 Å². The summed E-state index contributed by atoms with van der Waals surface area (Å²) in [5.74, 6) is -0.240. The molecule has 186 valence electrons. The van der Waals surface area contributed by atoms with Crippen LogP contribution in [0, 0.1) is 5.92 Å². The van der Waals surface area contributed by atoms with Gasteiger partial charge in [-0.3, -0.25) is 4.79 Å². The molecule has 1 fully saturated rings. The molecule has 2 atom stereocenters. The average Bonchev–Trinajstić information content (AvgIpc) is 3.68. The van der Waals surface area contributed by atoms with E-state index in [1.165, 1.54) is 11.1 Å². The number of hydrogen-bond donors (Lipinski definition) is 0. The number of carbonyl (C=O) groups is 2. The molecule has 3 aromatic heterocycles. The lowest BCUT2D eigenvalue weighted by atomic mass is 9.79. The fraction of sp³-hybridized carbons (Fsp3) is 0.214. The Labute approximate surface area is 210 Å². The summed E-state index contributed by atoms with van der Waals surface area (Å²) in [6.45, 7) is -0.594. The van der Waals surface area contributed by atoms with Gasteiger partial charge in [-0.2, -0.15) is 5.10 Å². The maximum Gasteiger partial charge on any atom is 0.351 e. The van der Waals surface area contributed by atoms with E-state index in [4.69, 9.17) is 18.0 Å². The minimum absolute atomic E-state index is 0.0757. The molecule has 4 heterocycles. The van der Waals surface area contributed by atoms with Gasteiger partial charge >= 0.3 is 11.6 Å². The second-order valence-electron chi connectivity index (χ2n) is 8.93. The number of amides is 1. The molecule has 0 spiro atoms. The number of allylic oxidation sites excluding steroid dienone is 1. The normalized spacial score (nSPS) is 20.2. The van der Waals surface area contributed by atoms with Gasteiger partial charge in [-0.05, 0) is 67.3 Å². The van der Waals surface area contributed by atoms with Crippen LogP contribution >= 0.6 is 0 Å². The Hall–Kier alpha value is -4.66. The van der Waals surface area contributed by atoms with Crippen molar-refractivity contribution < 1.29 is 27.6 Å². The molecule has 37 heavy (non-hydrogen) atoms. The molecule has 1 aliphatic heterocycles. The standard InChI is InChI=1S/C28H22N2O7/c31-24(16-36-27(32)21-15-17-6-1-2-10-22(17)37-28(21)33)30-26(23-11-5-13-35-23)20-9-3-7-18(25(20)29-30)14-19-8-4-12-34-19/h1-2,4-6,8,10-15,20,26H,3,7,9,16H2. The summed E-state index contributed by atoms with van der Waals surface area (Å²) < 4.78 is 21.6. The van der Waals surface area contributed by atoms with Crippen LogP contribution in [0.2, 0.25) is 0 Å². The maximum atomic E-state index is 13.3. The lowest BCUT2D eigenvalue weighted by molar-refractivity contribution is -0.137. The number of rotatable bonds is 5. The van der Waals surface area contributed by atoms with Crippen LogP contribution in [-0.2, 0) is 9.53 Å². The van der Waals surface area contributed by atoms with Gasteiger partial charge in [0.05, 0.1) is 18.2 Å². The molecule has 0 bridgehead atoms. The number of furan rings is 2. The number of hydrazone groups is 1. The molecular formula is C28H22N2O7. The molecule has 6 rings (SSSR count). The van der Waals surface area contributed by atoms with Gasteiger partial charge < -0.3 is 18.0 Å². The maximum absolute atomic E-state index is 13.3. The molecule has 1 aliphatic carbocycles. The molecule has 0 N–H and O–H groups in total. The molecule has 9 nitrogen and oxygen atoms in total. The van der Waals surface area contributed by atoms with E-state index in [1.54, 1.807) is 48.9 Å². The number of carbonyl (C=O) groups excluding carboxylic acids is 2. The minimum Gasteiger partial charge on any atom is -0.467 e. The Kier molecular flexibility index (Phi) is 5.80. The van der Waals surface area contributed by atoms with E-state index in [0.717, 1.165) is 30.5 Å². The Morgan fingerprint density at radius 3 is 2.73 bits per heavy atom. The second-order valence-corrected chi connectivity index (χ2v) is 8.93. The van der Waals surface area contributed by atoms with Crippen LogP contribution in [0.15, 0.2) is 95.8 Å². The van der Waals surface area contributed by atoms with Crippen molar-refractivity contribution in [3.8, 4) is 0 Å². The summed E-state index contributed by atoms with van der Waals surface area (Å²) in [5.41, 5.74) is 1.03. The summed E-state index contributed by atoms with van der Waals surface area (Å²) in [6, 6.07) is 15.0. The third kappa shape index (κ3) is 4.29. The largest absolute Gasteiger partial charge is 0.467 e. The smallest absolute Gasteiger partial charge is 0.351 e. The predicted molar refractivity (Wildman–Crippen MR) is 133 cm³/mol. The van der Waals surface area contributed by atoms with Gasteiger partial charge in [0.15, 0.2) is 6.61 Å². The first kappa shape index (κ1) is 22.8. The van der Waals surface area contributed by atoms with E-state index >= 15 is 0 Å². The number of ether oxygens (including phenoxy) is 1.